The number of nitrogens with zero attached hydrogens (tertiary/aromatic N) is 1. The van der Waals surface area contributed by atoms with Crippen molar-refractivity contribution < 1.29 is 9.53 Å². The molecule has 0 saturated carbocycles. The highest BCUT2D eigenvalue weighted by atomic mass is 32.1. The summed E-state index contributed by atoms with van der Waals surface area (Å²) in [4.78, 5) is 14.5. The fraction of sp³-hybridized carbons (Fsp3) is 0.467. The number of piperidine rings is 1. The van der Waals surface area contributed by atoms with Crippen LogP contribution in [0.2, 0.25) is 0 Å². The molecule has 1 aliphatic rings. The van der Waals surface area contributed by atoms with Crippen molar-refractivity contribution in [2.75, 3.05) is 13.1 Å². The third-order valence-electron chi connectivity index (χ3n) is 3.45. The fourth-order valence-electron chi connectivity index (χ4n) is 2.35. The maximum atomic E-state index is 12.3. The van der Waals surface area contributed by atoms with Crippen LogP contribution in [0.1, 0.15) is 31.7 Å². The van der Waals surface area contributed by atoms with Crippen LogP contribution in [0.15, 0.2) is 24.3 Å². The number of nitrogens with two attached hydrogens (primary N) is 1. The molecule has 1 aromatic carbocycles. The number of amides is 1. The van der Waals surface area contributed by atoms with Gasteiger partial charge in [0.2, 0.25) is 0 Å². The molecule has 1 fully saturated rings. The summed E-state index contributed by atoms with van der Waals surface area (Å²) in [6, 6.07) is 7.22. The first-order valence-corrected chi connectivity index (χ1v) is 7.34. The first-order valence-electron chi connectivity index (χ1n) is 6.93. The SMILES string of the molecule is CC(Oc1cccc(C(N)=S)c1)C(=O)N1CCCCC1. The standard InChI is InChI=1S/C15H20N2O2S/c1-11(15(18)17-8-3-2-4-9-17)19-13-7-5-6-12(10-13)14(16)20/h5-7,10-11H,2-4,8-9H2,1H3,(H2,16,20). The quantitative estimate of drug-likeness (QED) is 0.864. The lowest BCUT2D eigenvalue weighted by molar-refractivity contribution is -0.138. The van der Waals surface area contributed by atoms with Gasteiger partial charge in [-0.15, -0.1) is 0 Å². The molecule has 108 valence electrons. The smallest absolute Gasteiger partial charge is 0.263 e. The summed E-state index contributed by atoms with van der Waals surface area (Å²) < 4.78 is 5.71. The Labute approximate surface area is 124 Å². The Kier molecular flexibility index (Phi) is 4.95. The molecule has 1 amide bonds. The Hall–Kier alpha value is -1.62. The molecule has 2 N–H and O–H groups in total. The Bertz CT molecular complexity index is 498. The predicted octanol–water partition coefficient (Wildman–Crippen LogP) is 2.10. The van der Waals surface area contributed by atoms with E-state index in [2.05, 4.69) is 0 Å². The van der Waals surface area contributed by atoms with E-state index in [1.54, 1.807) is 13.0 Å². The molecule has 1 aliphatic heterocycles. The number of ether oxygens (including phenoxy) is 1. The van der Waals surface area contributed by atoms with E-state index in [0.29, 0.717) is 10.7 Å². The minimum atomic E-state index is -0.491. The van der Waals surface area contributed by atoms with E-state index in [4.69, 9.17) is 22.7 Å². The zero-order valence-corrected chi connectivity index (χ0v) is 12.5. The van der Waals surface area contributed by atoms with E-state index in [-0.39, 0.29) is 5.91 Å². The first-order chi connectivity index (χ1) is 9.58. The zero-order chi connectivity index (χ0) is 14.5. The van der Waals surface area contributed by atoms with Gasteiger partial charge >= 0.3 is 0 Å². The van der Waals surface area contributed by atoms with Gasteiger partial charge < -0.3 is 15.4 Å². The average molecular weight is 292 g/mol. The van der Waals surface area contributed by atoms with Crippen LogP contribution in [0.4, 0.5) is 0 Å². The molecule has 1 heterocycles. The number of rotatable bonds is 4. The normalized spacial score (nSPS) is 16.6. The molecule has 2 rings (SSSR count). The largest absolute Gasteiger partial charge is 0.481 e. The number of carbonyl (C=O) groups excluding carboxylic acids is 1. The van der Waals surface area contributed by atoms with Gasteiger partial charge in [0, 0.05) is 18.7 Å². The molecule has 1 unspecified atom stereocenters. The van der Waals surface area contributed by atoms with E-state index >= 15 is 0 Å². The topological polar surface area (TPSA) is 55.6 Å². The van der Waals surface area contributed by atoms with Crippen LogP contribution in [-0.2, 0) is 4.79 Å². The molecule has 0 bridgehead atoms. The second-order valence-corrected chi connectivity index (χ2v) is 5.48. The van der Waals surface area contributed by atoms with Crippen LogP contribution >= 0.6 is 12.2 Å². The van der Waals surface area contributed by atoms with Crippen molar-refractivity contribution in [3.63, 3.8) is 0 Å². The lowest BCUT2D eigenvalue weighted by Crippen LogP contribution is -2.43. The van der Waals surface area contributed by atoms with E-state index in [1.807, 2.05) is 23.1 Å². The van der Waals surface area contributed by atoms with Crippen molar-refractivity contribution in [1.29, 1.82) is 0 Å². The first kappa shape index (κ1) is 14.8. The lowest BCUT2D eigenvalue weighted by atomic mass is 10.1. The molecule has 0 aliphatic carbocycles. The number of hydrogen-bond acceptors (Lipinski definition) is 3. The third kappa shape index (κ3) is 3.70. The number of carbonyl (C=O) groups is 1. The Balaban J connectivity index is 1.99. The molecule has 0 radical (unpaired) electrons. The van der Waals surface area contributed by atoms with Crippen LogP contribution in [0.3, 0.4) is 0 Å². The molecule has 1 aromatic rings. The Morgan fingerprint density at radius 1 is 1.35 bits per heavy atom. The summed E-state index contributed by atoms with van der Waals surface area (Å²) in [5.74, 6) is 0.665. The van der Waals surface area contributed by atoms with Gasteiger partial charge in [-0.3, -0.25) is 4.79 Å². The maximum absolute atomic E-state index is 12.3. The van der Waals surface area contributed by atoms with Gasteiger partial charge in [-0.1, -0.05) is 24.4 Å². The molecule has 1 saturated heterocycles. The van der Waals surface area contributed by atoms with E-state index in [9.17, 15) is 4.79 Å². The van der Waals surface area contributed by atoms with Crippen molar-refractivity contribution in [3.05, 3.63) is 29.8 Å². The van der Waals surface area contributed by atoms with Crippen LogP contribution < -0.4 is 10.5 Å². The Morgan fingerprint density at radius 2 is 2.05 bits per heavy atom. The van der Waals surface area contributed by atoms with Gasteiger partial charge in [-0.2, -0.15) is 0 Å². The molecule has 1 atom stereocenters. The van der Waals surface area contributed by atoms with Crippen molar-refractivity contribution in [2.24, 2.45) is 5.73 Å². The highest BCUT2D eigenvalue weighted by Gasteiger charge is 2.23. The van der Waals surface area contributed by atoms with Crippen molar-refractivity contribution >= 4 is 23.1 Å². The van der Waals surface area contributed by atoms with Gasteiger partial charge in [0.1, 0.15) is 10.7 Å². The molecule has 4 nitrogen and oxygen atoms in total. The molecule has 0 aromatic heterocycles. The van der Waals surface area contributed by atoms with Crippen LogP contribution in [0, 0.1) is 0 Å². The second-order valence-electron chi connectivity index (χ2n) is 5.04. The van der Waals surface area contributed by atoms with Gasteiger partial charge in [0.05, 0.1) is 0 Å². The summed E-state index contributed by atoms with van der Waals surface area (Å²) in [5.41, 5.74) is 6.34. The Morgan fingerprint density at radius 3 is 2.70 bits per heavy atom. The average Bonchev–Trinajstić information content (AvgIpc) is 2.47. The lowest BCUT2D eigenvalue weighted by Gasteiger charge is -2.29. The fourth-order valence-corrected chi connectivity index (χ4v) is 2.48. The molecule has 0 spiro atoms. The number of benzene rings is 1. The van der Waals surface area contributed by atoms with Gasteiger partial charge in [-0.25, -0.2) is 0 Å². The van der Waals surface area contributed by atoms with Gasteiger partial charge in [0.15, 0.2) is 6.10 Å². The van der Waals surface area contributed by atoms with E-state index in [1.165, 1.54) is 6.42 Å². The number of thiocarbonyl (C=S) groups is 1. The summed E-state index contributed by atoms with van der Waals surface area (Å²) in [7, 11) is 0. The van der Waals surface area contributed by atoms with Crippen molar-refractivity contribution in [2.45, 2.75) is 32.3 Å². The monoisotopic (exact) mass is 292 g/mol. The van der Waals surface area contributed by atoms with Gasteiger partial charge in [-0.05, 0) is 38.3 Å². The maximum Gasteiger partial charge on any atom is 0.263 e. The molecular weight excluding hydrogens is 272 g/mol. The zero-order valence-electron chi connectivity index (χ0n) is 11.7. The summed E-state index contributed by atoms with van der Waals surface area (Å²) in [5, 5.41) is 0. The van der Waals surface area contributed by atoms with Crippen LogP contribution in [0.25, 0.3) is 0 Å². The van der Waals surface area contributed by atoms with Crippen LogP contribution in [0.5, 0.6) is 5.75 Å². The minimum Gasteiger partial charge on any atom is -0.481 e. The molecular formula is C15H20N2O2S. The molecule has 20 heavy (non-hydrogen) atoms. The number of likely N-dealkylation sites (tertiary alicyclic amines) is 1. The molecule has 5 heteroatoms. The minimum absolute atomic E-state index is 0.0467. The van der Waals surface area contributed by atoms with Crippen molar-refractivity contribution in [1.82, 2.24) is 4.90 Å². The van der Waals surface area contributed by atoms with E-state index in [0.717, 1.165) is 31.5 Å². The third-order valence-corrected chi connectivity index (χ3v) is 3.68. The van der Waals surface area contributed by atoms with E-state index < -0.39 is 6.10 Å². The summed E-state index contributed by atoms with van der Waals surface area (Å²) in [6.45, 7) is 3.45. The predicted molar refractivity (Wildman–Crippen MR) is 82.9 cm³/mol. The van der Waals surface area contributed by atoms with Crippen molar-refractivity contribution in [3.8, 4) is 5.75 Å². The summed E-state index contributed by atoms with van der Waals surface area (Å²) >= 11 is 4.94. The number of hydrogen-bond donors (Lipinski definition) is 1. The highest BCUT2D eigenvalue weighted by Crippen LogP contribution is 2.17. The second kappa shape index (κ2) is 6.70. The summed E-state index contributed by atoms with van der Waals surface area (Å²) in [6.07, 6.45) is 2.87. The van der Waals surface area contributed by atoms with Crippen LogP contribution in [-0.4, -0.2) is 35.0 Å². The highest BCUT2D eigenvalue weighted by molar-refractivity contribution is 7.80. The van der Waals surface area contributed by atoms with Gasteiger partial charge in [0.25, 0.3) is 5.91 Å².